The quantitative estimate of drug-likeness (QED) is 0.907. The molecule has 0 spiro atoms. The lowest BCUT2D eigenvalue weighted by Gasteiger charge is -2.35. The predicted molar refractivity (Wildman–Crippen MR) is 88.0 cm³/mol. The molecule has 2 aliphatic heterocycles. The normalized spacial score (nSPS) is 21.9. The molecule has 4 nitrogen and oxygen atoms in total. The van der Waals surface area contributed by atoms with Gasteiger partial charge in [0.25, 0.3) is 0 Å². The maximum atomic E-state index is 12.6. The maximum absolute atomic E-state index is 12.6. The Bertz CT molecular complexity index is 516. The molecule has 120 valence electrons. The molecule has 4 heteroatoms. The summed E-state index contributed by atoms with van der Waals surface area (Å²) in [5.74, 6) is 0.235. The Morgan fingerprint density at radius 3 is 2.95 bits per heavy atom. The molecule has 1 aromatic rings. The smallest absolute Gasteiger partial charge is 0.228 e. The summed E-state index contributed by atoms with van der Waals surface area (Å²) in [5, 5.41) is 9.19. The molecule has 1 saturated heterocycles. The van der Waals surface area contributed by atoms with Crippen LogP contribution in [-0.4, -0.2) is 48.2 Å². The third-order valence-electron chi connectivity index (χ3n) is 5.01. The van der Waals surface area contributed by atoms with Gasteiger partial charge in [-0.15, -0.1) is 0 Å². The average molecular weight is 302 g/mol. The minimum atomic E-state index is 0.235. The van der Waals surface area contributed by atoms with E-state index in [4.69, 9.17) is 0 Å². The third-order valence-corrected chi connectivity index (χ3v) is 5.01. The molecule has 22 heavy (non-hydrogen) atoms. The molecule has 0 aliphatic carbocycles. The summed E-state index contributed by atoms with van der Waals surface area (Å²) in [7, 11) is 0. The largest absolute Gasteiger partial charge is 0.396 e. The van der Waals surface area contributed by atoms with Crippen molar-refractivity contribution >= 4 is 11.6 Å². The summed E-state index contributed by atoms with van der Waals surface area (Å²) in [4.78, 5) is 16.9. The van der Waals surface area contributed by atoms with Gasteiger partial charge in [-0.3, -0.25) is 9.69 Å². The summed E-state index contributed by atoms with van der Waals surface area (Å²) in [5.41, 5.74) is 2.38. The maximum Gasteiger partial charge on any atom is 0.228 e. The Labute approximate surface area is 132 Å². The van der Waals surface area contributed by atoms with Gasteiger partial charge in [0, 0.05) is 37.8 Å². The van der Waals surface area contributed by atoms with Crippen LogP contribution < -0.4 is 4.90 Å². The minimum absolute atomic E-state index is 0.235. The second kappa shape index (κ2) is 7.25. The van der Waals surface area contributed by atoms with Crippen LogP contribution >= 0.6 is 0 Å². The second-order valence-corrected chi connectivity index (χ2v) is 6.37. The van der Waals surface area contributed by atoms with Gasteiger partial charge in [0.05, 0.1) is 0 Å². The van der Waals surface area contributed by atoms with Crippen molar-refractivity contribution in [3.8, 4) is 0 Å². The minimum Gasteiger partial charge on any atom is -0.396 e. The molecular weight excluding hydrogens is 276 g/mol. The first-order valence-corrected chi connectivity index (χ1v) is 8.53. The van der Waals surface area contributed by atoms with E-state index in [9.17, 15) is 9.90 Å². The van der Waals surface area contributed by atoms with E-state index in [0.717, 1.165) is 44.6 Å². The van der Waals surface area contributed by atoms with Gasteiger partial charge in [-0.05, 0) is 43.9 Å². The first-order chi connectivity index (χ1) is 10.8. The van der Waals surface area contributed by atoms with Crippen LogP contribution in [0.15, 0.2) is 24.3 Å². The van der Waals surface area contributed by atoms with Gasteiger partial charge in [-0.1, -0.05) is 24.6 Å². The van der Waals surface area contributed by atoms with Gasteiger partial charge >= 0.3 is 0 Å². The van der Waals surface area contributed by atoms with Crippen molar-refractivity contribution in [3.05, 3.63) is 29.8 Å². The van der Waals surface area contributed by atoms with Gasteiger partial charge in [0.2, 0.25) is 5.91 Å². The number of anilines is 1. The number of aliphatic hydroxyl groups is 1. The standard InChI is InChI=1S/C18H26N2O2/c21-14-10-16-6-3-4-11-19(16)12-9-18(22)20-13-8-15-5-1-2-7-17(15)20/h1-2,5,7,16,21H,3-4,6,8-14H2/t16-/m1/s1. The number of hydrogen-bond donors (Lipinski definition) is 1. The lowest BCUT2D eigenvalue weighted by Crippen LogP contribution is -2.42. The molecule has 3 rings (SSSR count). The fourth-order valence-corrected chi connectivity index (χ4v) is 3.80. The number of rotatable bonds is 5. The van der Waals surface area contributed by atoms with E-state index >= 15 is 0 Å². The van der Waals surface area contributed by atoms with Crippen LogP contribution in [0.3, 0.4) is 0 Å². The molecule has 2 heterocycles. The van der Waals surface area contributed by atoms with Crippen molar-refractivity contribution in [2.24, 2.45) is 0 Å². The monoisotopic (exact) mass is 302 g/mol. The molecule has 0 bridgehead atoms. The molecule has 0 radical (unpaired) electrons. The fourth-order valence-electron chi connectivity index (χ4n) is 3.80. The third kappa shape index (κ3) is 3.33. The van der Waals surface area contributed by atoms with E-state index in [1.807, 2.05) is 17.0 Å². The van der Waals surface area contributed by atoms with E-state index in [1.54, 1.807) is 0 Å². The number of carbonyl (C=O) groups is 1. The molecule has 1 aromatic carbocycles. The summed E-state index contributed by atoms with van der Waals surface area (Å²) in [6.07, 6.45) is 5.99. The molecule has 0 saturated carbocycles. The summed E-state index contributed by atoms with van der Waals surface area (Å²) >= 11 is 0. The van der Waals surface area contributed by atoms with E-state index in [-0.39, 0.29) is 12.5 Å². The van der Waals surface area contributed by atoms with Crippen LogP contribution in [0.1, 0.15) is 37.7 Å². The summed E-state index contributed by atoms with van der Waals surface area (Å²) < 4.78 is 0. The van der Waals surface area contributed by atoms with Crippen LogP contribution in [0.4, 0.5) is 5.69 Å². The molecule has 0 unspecified atom stereocenters. The SMILES string of the molecule is O=C(CCN1CCCC[C@@H]1CCO)N1CCc2ccccc21. The van der Waals surface area contributed by atoms with E-state index in [1.165, 1.54) is 18.4 Å². The molecule has 1 atom stereocenters. The Hall–Kier alpha value is -1.39. The van der Waals surface area contributed by atoms with E-state index < -0.39 is 0 Å². The highest BCUT2D eigenvalue weighted by molar-refractivity contribution is 5.95. The Morgan fingerprint density at radius 2 is 2.09 bits per heavy atom. The number of amides is 1. The lowest BCUT2D eigenvalue weighted by atomic mass is 9.99. The topological polar surface area (TPSA) is 43.8 Å². The number of likely N-dealkylation sites (tertiary alicyclic amines) is 1. The molecule has 2 aliphatic rings. The van der Waals surface area contributed by atoms with Crippen molar-refractivity contribution in [3.63, 3.8) is 0 Å². The summed E-state index contributed by atoms with van der Waals surface area (Å²) in [6.45, 7) is 2.95. The number of aliphatic hydroxyl groups excluding tert-OH is 1. The van der Waals surface area contributed by atoms with Crippen molar-refractivity contribution in [2.45, 2.75) is 44.6 Å². The van der Waals surface area contributed by atoms with Gasteiger partial charge in [0.1, 0.15) is 0 Å². The van der Waals surface area contributed by atoms with Crippen molar-refractivity contribution in [2.75, 3.05) is 31.1 Å². The Kier molecular flexibility index (Phi) is 5.11. The number of para-hydroxylation sites is 1. The molecule has 1 amide bonds. The van der Waals surface area contributed by atoms with Gasteiger partial charge in [-0.2, -0.15) is 0 Å². The number of piperidine rings is 1. The number of benzene rings is 1. The van der Waals surface area contributed by atoms with Gasteiger partial charge in [0.15, 0.2) is 0 Å². The number of hydrogen-bond acceptors (Lipinski definition) is 3. The number of carbonyl (C=O) groups excluding carboxylic acids is 1. The van der Waals surface area contributed by atoms with E-state index in [2.05, 4.69) is 17.0 Å². The highest BCUT2D eigenvalue weighted by atomic mass is 16.3. The zero-order valence-corrected chi connectivity index (χ0v) is 13.2. The Balaban J connectivity index is 1.56. The van der Waals surface area contributed by atoms with Crippen molar-refractivity contribution < 1.29 is 9.90 Å². The average Bonchev–Trinajstić information content (AvgIpc) is 2.98. The van der Waals surface area contributed by atoms with Crippen LogP contribution in [0.5, 0.6) is 0 Å². The van der Waals surface area contributed by atoms with E-state index in [0.29, 0.717) is 12.5 Å². The highest BCUT2D eigenvalue weighted by Crippen LogP contribution is 2.28. The van der Waals surface area contributed by atoms with Crippen LogP contribution in [-0.2, 0) is 11.2 Å². The second-order valence-electron chi connectivity index (χ2n) is 6.37. The molecule has 0 aromatic heterocycles. The number of nitrogens with zero attached hydrogens (tertiary/aromatic N) is 2. The fraction of sp³-hybridized carbons (Fsp3) is 0.611. The van der Waals surface area contributed by atoms with Gasteiger partial charge < -0.3 is 10.0 Å². The zero-order valence-electron chi connectivity index (χ0n) is 13.2. The molecular formula is C18H26N2O2. The summed E-state index contributed by atoms with van der Waals surface area (Å²) in [6, 6.07) is 8.67. The molecule has 1 N–H and O–H groups in total. The van der Waals surface area contributed by atoms with Crippen LogP contribution in [0.2, 0.25) is 0 Å². The first kappa shape index (κ1) is 15.5. The molecule has 1 fully saturated rings. The van der Waals surface area contributed by atoms with Crippen molar-refractivity contribution in [1.29, 1.82) is 0 Å². The van der Waals surface area contributed by atoms with Crippen LogP contribution in [0.25, 0.3) is 0 Å². The predicted octanol–water partition coefficient (Wildman–Crippen LogP) is 2.20. The van der Waals surface area contributed by atoms with Crippen LogP contribution in [0, 0.1) is 0 Å². The Morgan fingerprint density at radius 1 is 1.23 bits per heavy atom. The number of fused-ring (bicyclic) bond motifs is 1. The van der Waals surface area contributed by atoms with Gasteiger partial charge in [-0.25, -0.2) is 0 Å². The first-order valence-electron chi connectivity index (χ1n) is 8.53. The van der Waals surface area contributed by atoms with Crippen molar-refractivity contribution in [1.82, 2.24) is 4.90 Å². The highest BCUT2D eigenvalue weighted by Gasteiger charge is 2.26. The lowest BCUT2D eigenvalue weighted by molar-refractivity contribution is -0.119. The zero-order chi connectivity index (χ0) is 15.4.